The van der Waals surface area contributed by atoms with Crippen LogP contribution in [0, 0.1) is 13.8 Å². The van der Waals surface area contributed by atoms with Gasteiger partial charge in [0.25, 0.3) is 5.91 Å². The van der Waals surface area contributed by atoms with E-state index >= 15 is 0 Å². The van der Waals surface area contributed by atoms with Crippen LogP contribution < -0.4 is 5.32 Å². The summed E-state index contributed by atoms with van der Waals surface area (Å²) in [6.07, 6.45) is 1.39. The summed E-state index contributed by atoms with van der Waals surface area (Å²) < 4.78 is 0. The van der Waals surface area contributed by atoms with Gasteiger partial charge in [-0.2, -0.15) is 0 Å². The number of benzene rings is 2. The lowest BCUT2D eigenvalue weighted by Crippen LogP contribution is -2.35. The first-order chi connectivity index (χ1) is 12.0. The number of hydrogen-bond donors (Lipinski definition) is 1. The topological polar surface area (TPSA) is 49.4 Å². The molecule has 1 aliphatic rings. The Bertz CT molecular complexity index is 827. The maximum atomic E-state index is 12.6. The molecule has 0 unspecified atom stereocenters. The zero-order chi connectivity index (χ0) is 18.0. The summed E-state index contributed by atoms with van der Waals surface area (Å²) in [7, 11) is 0. The molecule has 4 nitrogen and oxygen atoms in total. The van der Waals surface area contributed by atoms with Gasteiger partial charge in [0.1, 0.15) is 0 Å². The van der Waals surface area contributed by atoms with Crippen molar-refractivity contribution in [2.24, 2.45) is 0 Å². The largest absolute Gasteiger partial charge is 0.338 e. The number of fused-ring (bicyclic) bond motifs is 1. The molecule has 1 heterocycles. The van der Waals surface area contributed by atoms with Gasteiger partial charge < -0.3 is 10.2 Å². The molecule has 0 saturated carbocycles. The molecule has 1 aliphatic heterocycles. The van der Waals surface area contributed by atoms with E-state index in [1.165, 1.54) is 5.56 Å². The Morgan fingerprint density at radius 3 is 2.60 bits per heavy atom. The highest BCUT2D eigenvalue weighted by atomic mass is 16.2. The van der Waals surface area contributed by atoms with Crippen molar-refractivity contribution in [3.8, 4) is 0 Å². The Morgan fingerprint density at radius 1 is 1.08 bits per heavy atom. The van der Waals surface area contributed by atoms with Crippen LogP contribution in [0.3, 0.4) is 0 Å². The van der Waals surface area contributed by atoms with Crippen LogP contribution in [0.25, 0.3) is 0 Å². The SMILES string of the molecule is CCC(=O)N1CCc2ccc(NC(=O)c3ccc(C)cc3C)cc2C1. The standard InChI is InChI=1S/C21H24N2O2/c1-4-20(24)23-10-9-16-6-7-18(12-17(16)13-23)22-21(25)19-8-5-14(2)11-15(19)3/h5-8,11-12H,4,9-10,13H2,1-3H3,(H,22,25). The van der Waals surface area contributed by atoms with Crippen molar-refractivity contribution in [1.82, 2.24) is 4.90 Å². The van der Waals surface area contributed by atoms with Crippen LogP contribution in [-0.2, 0) is 17.8 Å². The van der Waals surface area contributed by atoms with Crippen molar-refractivity contribution in [1.29, 1.82) is 0 Å². The van der Waals surface area contributed by atoms with Crippen LogP contribution in [0.4, 0.5) is 5.69 Å². The highest BCUT2D eigenvalue weighted by molar-refractivity contribution is 6.05. The van der Waals surface area contributed by atoms with Crippen molar-refractivity contribution in [2.45, 2.75) is 40.2 Å². The molecule has 0 bridgehead atoms. The van der Waals surface area contributed by atoms with E-state index in [0.29, 0.717) is 18.5 Å². The molecule has 0 aliphatic carbocycles. The van der Waals surface area contributed by atoms with Gasteiger partial charge in [0, 0.05) is 30.8 Å². The van der Waals surface area contributed by atoms with Gasteiger partial charge in [-0.3, -0.25) is 9.59 Å². The fourth-order valence-electron chi connectivity index (χ4n) is 3.34. The molecule has 0 aromatic heterocycles. The number of carbonyl (C=O) groups excluding carboxylic acids is 2. The maximum absolute atomic E-state index is 12.6. The smallest absolute Gasteiger partial charge is 0.255 e. The van der Waals surface area contributed by atoms with Gasteiger partial charge in [0.05, 0.1) is 0 Å². The second kappa shape index (κ2) is 7.09. The third-order valence-corrected chi connectivity index (χ3v) is 4.76. The molecule has 0 atom stereocenters. The Balaban J connectivity index is 1.78. The van der Waals surface area contributed by atoms with Gasteiger partial charge in [-0.15, -0.1) is 0 Å². The van der Waals surface area contributed by atoms with Gasteiger partial charge in [0.2, 0.25) is 5.91 Å². The molecule has 4 heteroatoms. The predicted octanol–water partition coefficient (Wildman–Crippen LogP) is 3.85. The van der Waals surface area contributed by atoms with E-state index in [2.05, 4.69) is 11.4 Å². The average molecular weight is 336 g/mol. The fourth-order valence-corrected chi connectivity index (χ4v) is 3.34. The molecular formula is C21H24N2O2. The zero-order valence-electron chi connectivity index (χ0n) is 15.1. The van der Waals surface area contributed by atoms with E-state index in [4.69, 9.17) is 0 Å². The molecule has 0 saturated heterocycles. The highest BCUT2D eigenvalue weighted by Crippen LogP contribution is 2.24. The molecule has 0 radical (unpaired) electrons. The van der Waals surface area contributed by atoms with E-state index < -0.39 is 0 Å². The van der Waals surface area contributed by atoms with E-state index in [1.807, 2.05) is 56.0 Å². The van der Waals surface area contributed by atoms with E-state index in [0.717, 1.165) is 35.3 Å². The second-order valence-corrected chi connectivity index (χ2v) is 6.67. The highest BCUT2D eigenvalue weighted by Gasteiger charge is 2.20. The van der Waals surface area contributed by atoms with Crippen molar-refractivity contribution < 1.29 is 9.59 Å². The molecule has 0 spiro atoms. The van der Waals surface area contributed by atoms with Gasteiger partial charge in [0.15, 0.2) is 0 Å². The Labute approximate surface area is 148 Å². The average Bonchev–Trinajstić information content (AvgIpc) is 2.60. The fraction of sp³-hybridized carbons (Fsp3) is 0.333. The van der Waals surface area contributed by atoms with Gasteiger partial charge in [-0.25, -0.2) is 0 Å². The summed E-state index contributed by atoms with van der Waals surface area (Å²) in [4.78, 5) is 26.4. The lowest BCUT2D eigenvalue weighted by molar-refractivity contribution is -0.131. The minimum absolute atomic E-state index is 0.102. The maximum Gasteiger partial charge on any atom is 0.255 e. The van der Waals surface area contributed by atoms with Crippen molar-refractivity contribution >= 4 is 17.5 Å². The van der Waals surface area contributed by atoms with Crippen LogP contribution in [0.5, 0.6) is 0 Å². The number of nitrogens with zero attached hydrogens (tertiary/aromatic N) is 1. The summed E-state index contributed by atoms with van der Waals surface area (Å²) in [5.74, 6) is 0.0742. The molecule has 1 N–H and O–H groups in total. The zero-order valence-corrected chi connectivity index (χ0v) is 15.1. The molecule has 2 aromatic rings. The molecule has 130 valence electrons. The first kappa shape index (κ1) is 17.2. The number of carbonyl (C=O) groups is 2. The molecule has 2 aromatic carbocycles. The van der Waals surface area contributed by atoms with Gasteiger partial charge >= 0.3 is 0 Å². The lowest BCUT2D eigenvalue weighted by Gasteiger charge is -2.29. The Hall–Kier alpha value is -2.62. The first-order valence-electron chi connectivity index (χ1n) is 8.76. The third-order valence-electron chi connectivity index (χ3n) is 4.76. The third kappa shape index (κ3) is 3.73. The Morgan fingerprint density at radius 2 is 1.88 bits per heavy atom. The van der Waals surface area contributed by atoms with Crippen LogP contribution in [0.2, 0.25) is 0 Å². The van der Waals surface area contributed by atoms with Crippen molar-refractivity contribution in [3.63, 3.8) is 0 Å². The van der Waals surface area contributed by atoms with Gasteiger partial charge in [-0.05, 0) is 55.2 Å². The second-order valence-electron chi connectivity index (χ2n) is 6.67. The molecular weight excluding hydrogens is 312 g/mol. The van der Waals surface area contributed by atoms with Crippen LogP contribution >= 0.6 is 0 Å². The minimum Gasteiger partial charge on any atom is -0.338 e. The normalized spacial score (nSPS) is 13.3. The van der Waals surface area contributed by atoms with E-state index in [1.54, 1.807) is 0 Å². The monoisotopic (exact) mass is 336 g/mol. The van der Waals surface area contributed by atoms with Crippen LogP contribution in [0.15, 0.2) is 36.4 Å². The lowest BCUT2D eigenvalue weighted by atomic mass is 9.98. The minimum atomic E-state index is -0.102. The van der Waals surface area contributed by atoms with Crippen molar-refractivity contribution in [2.75, 3.05) is 11.9 Å². The summed E-state index contributed by atoms with van der Waals surface area (Å²) in [5.41, 5.74) is 5.94. The van der Waals surface area contributed by atoms with Crippen molar-refractivity contribution in [3.05, 3.63) is 64.2 Å². The molecule has 3 rings (SSSR count). The van der Waals surface area contributed by atoms with Crippen LogP contribution in [-0.4, -0.2) is 23.3 Å². The number of aryl methyl sites for hydroxylation is 2. The van der Waals surface area contributed by atoms with E-state index in [9.17, 15) is 9.59 Å². The first-order valence-corrected chi connectivity index (χ1v) is 8.76. The summed E-state index contributed by atoms with van der Waals surface area (Å²) >= 11 is 0. The number of hydrogen-bond acceptors (Lipinski definition) is 2. The van der Waals surface area contributed by atoms with Gasteiger partial charge in [-0.1, -0.05) is 30.7 Å². The van der Waals surface area contributed by atoms with E-state index in [-0.39, 0.29) is 11.8 Å². The molecule has 2 amide bonds. The molecule has 25 heavy (non-hydrogen) atoms. The quantitative estimate of drug-likeness (QED) is 0.925. The summed E-state index contributed by atoms with van der Waals surface area (Å²) in [6.45, 7) is 7.24. The molecule has 0 fully saturated rings. The number of nitrogens with one attached hydrogen (secondary N) is 1. The predicted molar refractivity (Wildman–Crippen MR) is 99.7 cm³/mol. The number of amides is 2. The number of anilines is 1. The van der Waals surface area contributed by atoms with Crippen LogP contribution in [0.1, 0.15) is 46.0 Å². The summed E-state index contributed by atoms with van der Waals surface area (Å²) in [5, 5.41) is 2.98. The summed E-state index contributed by atoms with van der Waals surface area (Å²) in [6, 6.07) is 11.8. The number of rotatable bonds is 3. The Kier molecular flexibility index (Phi) is 4.88.